The van der Waals surface area contributed by atoms with Crippen molar-refractivity contribution < 1.29 is 14.8 Å². The van der Waals surface area contributed by atoms with E-state index in [2.05, 4.69) is 5.32 Å². The lowest BCUT2D eigenvalue weighted by Gasteiger charge is -2.05. The van der Waals surface area contributed by atoms with Crippen LogP contribution in [0.5, 0.6) is 0 Å². The minimum atomic E-state index is -1.62. The first kappa shape index (κ1) is 11.0. The summed E-state index contributed by atoms with van der Waals surface area (Å²) >= 11 is 5.73. The third-order valence-electron chi connectivity index (χ3n) is 1.77. The van der Waals surface area contributed by atoms with E-state index in [4.69, 9.17) is 21.6 Å². The molecule has 74 valence electrons. The van der Waals surface area contributed by atoms with Gasteiger partial charge in [-0.2, -0.15) is 0 Å². The van der Waals surface area contributed by atoms with Crippen LogP contribution in [0.15, 0.2) is 18.2 Å². The topological polar surface area (TPSA) is 69.6 Å². The summed E-state index contributed by atoms with van der Waals surface area (Å²) < 4.78 is 0. The van der Waals surface area contributed by atoms with Crippen LogP contribution in [0.3, 0.4) is 0 Å². The molecule has 0 unspecified atom stereocenters. The molecule has 4 nitrogen and oxygen atoms in total. The second-order valence-electron chi connectivity index (χ2n) is 2.69. The average Bonchev–Trinajstić information content (AvgIpc) is 2.15. The fraction of sp³-hybridized carbons (Fsp3) is 0.125. The predicted molar refractivity (Wildman–Crippen MR) is 54.7 cm³/mol. The van der Waals surface area contributed by atoms with Gasteiger partial charge in [0.2, 0.25) is 0 Å². The van der Waals surface area contributed by atoms with Crippen molar-refractivity contribution in [2.24, 2.45) is 0 Å². The summed E-state index contributed by atoms with van der Waals surface area (Å²) in [5.41, 5.74) is 0.557. The maximum absolute atomic E-state index is 11.2. The van der Waals surface area contributed by atoms with E-state index in [1.807, 2.05) is 0 Å². The lowest BCUT2D eigenvalue weighted by Crippen LogP contribution is -2.31. The molecule has 14 heavy (non-hydrogen) atoms. The van der Waals surface area contributed by atoms with E-state index < -0.39 is 7.12 Å². The summed E-state index contributed by atoms with van der Waals surface area (Å²) in [5.74, 6) is -0.272. The second kappa shape index (κ2) is 4.46. The molecule has 0 saturated carbocycles. The van der Waals surface area contributed by atoms with Crippen LogP contribution in [0, 0.1) is 0 Å². The van der Waals surface area contributed by atoms with Gasteiger partial charge in [-0.05, 0) is 12.1 Å². The van der Waals surface area contributed by atoms with Crippen molar-refractivity contribution in [3.8, 4) is 0 Å². The number of rotatable bonds is 2. The highest BCUT2D eigenvalue weighted by Crippen LogP contribution is 2.09. The fourth-order valence-corrected chi connectivity index (χ4v) is 1.30. The van der Waals surface area contributed by atoms with Crippen LogP contribution < -0.4 is 10.8 Å². The maximum atomic E-state index is 11.2. The Labute approximate surface area is 86.7 Å². The zero-order valence-corrected chi connectivity index (χ0v) is 8.25. The van der Waals surface area contributed by atoms with Crippen molar-refractivity contribution in [1.82, 2.24) is 5.32 Å². The van der Waals surface area contributed by atoms with Crippen LogP contribution in [0.4, 0.5) is 0 Å². The van der Waals surface area contributed by atoms with Gasteiger partial charge in [-0.1, -0.05) is 17.7 Å². The lowest BCUT2D eigenvalue weighted by atomic mass is 9.80. The number of nitrogens with one attached hydrogen (secondary N) is 1. The highest BCUT2D eigenvalue weighted by Gasteiger charge is 2.16. The van der Waals surface area contributed by atoms with E-state index in [1.54, 1.807) is 0 Å². The molecule has 3 N–H and O–H groups in total. The molecule has 0 atom stereocenters. The van der Waals surface area contributed by atoms with Crippen molar-refractivity contribution in [2.75, 3.05) is 7.05 Å². The van der Waals surface area contributed by atoms with E-state index in [9.17, 15) is 4.79 Å². The molecule has 0 aromatic heterocycles. The Kier molecular flexibility index (Phi) is 3.52. The fourth-order valence-electron chi connectivity index (χ4n) is 1.02. The molecule has 1 amide bonds. The molecule has 0 aliphatic rings. The van der Waals surface area contributed by atoms with E-state index >= 15 is 0 Å². The Bertz CT molecular complexity index is 356. The van der Waals surface area contributed by atoms with Crippen LogP contribution in [0.25, 0.3) is 0 Å². The van der Waals surface area contributed by atoms with Crippen molar-refractivity contribution >= 4 is 30.1 Å². The smallest absolute Gasteiger partial charge is 0.423 e. The van der Waals surface area contributed by atoms with Crippen LogP contribution in [-0.2, 0) is 0 Å². The van der Waals surface area contributed by atoms with E-state index in [1.165, 1.54) is 25.2 Å². The molecule has 1 aromatic carbocycles. The monoisotopic (exact) mass is 213 g/mol. The first-order chi connectivity index (χ1) is 6.56. The summed E-state index contributed by atoms with van der Waals surface area (Å²) in [6, 6.07) is 4.26. The van der Waals surface area contributed by atoms with Crippen molar-refractivity contribution in [2.45, 2.75) is 0 Å². The highest BCUT2D eigenvalue weighted by atomic mass is 35.5. The number of carbonyl (C=O) groups excluding carboxylic acids is 1. The summed E-state index contributed by atoms with van der Waals surface area (Å²) in [6.45, 7) is 0. The molecule has 0 saturated heterocycles. The molecular formula is C8H9BClNO3. The maximum Gasteiger partial charge on any atom is 0.489 e. The second-order valence-corrected chi connectivity index (χ2v) is 3.10. The molecule has 0 aliphatic carbocycles. The van der Waals surface area contributed by atoms with Gasteiger partial charge in [-0.15, -0.1) is 0 Å². The van der Waals surface area contributed by atoms with E-state index in [0.717, 1.165) is 0 Å². The highest BCUT2D eigenvalue weighted by molar-refractivity contribution is 6.62. The number of benzene rings is 1. The third kappa shape index (κ3) is 2.26. The summed E-state index contributed by atoms with van der Waals surface area (Å²) in [7, 11) is -0.119. The molecule has 0 heterocycles. The summed E-state index contributed by atoms with van der Waals surface area (Å²) in [6.07, 6.45) is 0. The first-order valence-corrected chi connectivity index (χ1v) is 4.31. The van der Waals surface area contributed by atoms with Crippen LogP contribution in [0.1, 0.15) is 10.4 Å². The molecular weight excluding hydrogens is 204 g/mol. The van der Waals surface area contributed by atoms with Crippen LogP contribution in [-0.4, -0.2) is 30.1 Å². The molecule has 0 spiro atoms. The largest absolute Gasteiger partial charge is 0.489 e. The number of carbonyl (C=O) groups is 1. The van der Waals surface area contributed by atoms with Crippen molar-refractivity contribution in [3.05, 3.63) is 28.8 Å². The van der Waals surface area contributed by atoms with Gasteiger partial charge in [0.05, 0.1) is 0 Å². The molecule has 1 aromatic rings. The Morgan fingerprint density at radius 2 is 2.14 bits per heavy atom. The number of amides is 1. The normalized spacial score (nSPS) is 9.71. The van der Waals surface area contributed by atoms with E-state index in [0.29, 0.717) is 5.56 Å². The van der Waals surface area contributed by atoms with Gasteiger partial charge in [0.15, 0.2) is 0 Å². The molecule has 0 radical (unpaired) electrons. The molecule has 0 fully saturated rings. The Morgan fingerprint density at radius 3 is 2.57 bits per heavy atom. The Hall–Kier alpha value is -1.04. The van der Waals surface area contributed by atoms with Crippen molar-refractivity contribution in [3.63, 3.8) is 0 Å². The van der Waals surface area contributed by atoms with Gasteiger partial charge in [-0.3, -0.25) is 4.79 Å². The minimum Gasteiger partial charge on any atom is -0.423 e. The first-order valence-electron chi connectivity index (χ1n) is 3.94. The Balaban J connectivity index is 3.06. The minimum absolute atomic E-state index is 0.154. The average molecular weight is 213 g/mol. The number of hydrogen-bond acceptors (Lipinski definition) is 3. The Morgan fingerprint density at radius 1 is 1.50 bits per heavy atom. The third-order valence-corrected chi connectivity index (χ3v) is 2.10. The summed E-state index contributed by atoms with van der Waals surface area (Å²) in [4.78, 5) is 11.2. The molecule has 1 rings (SSSR count). The standard InChI is InChI=1S/C8H9BClNO3/c1-11-8(12)5-2-3-6(9(13)14)7(10)4-5/h2-4,13-14H,1H3,(H,11,12). The lowest BCUT2D eigenvalue weighted by molar-refractivity contribution is 0.0963. The van der Waals surface area contributed by atoms with Crippen LogP contribution in [0.2, 0.25) is 5.02 Å². The molecule has 0 bridgehead atoms. The van der Waals surface area contributed by atoms with Gasteiger partial charge in [0, 0.05) is 23.1 Å². The SMILES string of the molecule is CNC(=O)c1ccc(B(O)O)c(Cl)c1. The number of halogens is 1. The molecule has 0 aliphatic heterocycles. The molecule has 6 heteroatoms. The van der Waals surface area contributed by atoms with Gasteiger partial charge in [-0.25, -0.2) is 0 Å². The quantitative estimate of drug-likeness (QED) is 0.574. The van der Waals surface area contributed by atoms with Crippen LogP contribution >= 0.6 is 11.6 Å². The van der Waals surface area contributed by atoms with Gasteiger partial charge >= 0.3 is 7.12 Å². The van der Waals surface area contributed by atoms with Gasteiger partial charge in [0.25, 0.3) is 5.91 Å². The van der Waals surface area contributed by atoms with Crippen molar-refractivity contribution in [1.29, 1.82) is 0 Å². The zero-order chi connectivity index (χ0) is 10.7. The van der Waals surface area contributed by atoms with Gasteiger partial charge < -0.3 is 15.4 Å². The predicted octanol–water partition coefficient (Wildman–Crippen LogP) is -0.621. The van der Waals surface area contributed by atoms with Gasteiger partial charge in [0.1, 0.15) is 0 Å². The zero-order valence-electron chi connectivity index (χ0n) is 7.49. The summed E-state index contributed by atoms with van der Waals surface area (Å²) in [5, 5.41) is 20.3. The number of hydrogen-bond donors (Lipinski definition) is 3. The van der Waals surface area contributed by atoms with E-state index in [-0.39, 0.29) is 16.4 Å².